The lowest BCUT2D eigenvalue weighted by atomic mass is 10.2. The number of hydrogen-bond donors (Lipinski definition) is 2. The molecule has 2 N–H and O–H groups in total. The number of nitrogens with zero attached hydrogens (tertiary/aromatic N) is 1. The first kappa shape index (κ1) is 13.4. The maximum atomic E-state index is 10.6. The number of rotatable bonds is 7. The number of methoxy groups -OCH3 is 1. The molecule has 0 aliphatic rings. The van der Waals surface area contributed by atoms with E-state index in [4.69, 9.17) is 9.84 Å². The molecule has 1 aromatic carbocycles. The molecule has 17 heavy (non-hydrogen) atoms. The normalized spacial score (nSPS) is 12.1. The predicted octanol–water partition coefficient (Wildman–Crippen LogP) is 1.40. The van der Waals surface area contributed by atoms with Crippen LogP contribution in [0.5, 0.6) is 0 Å². The van der Waals surface area contributed by atoms with E-state index in [0.29, 0.717) is 18.7 Å². The average Bonchev–Trinajstić information content (AvgIpc) is 2.30. The Morgan fingerprint density at radius 2 is 2.35 bits per heavy atom. The molecule has 0 amide bonds. The molecule has 0 bridgehead atoms. The van der Waals surface area contributed by atoms with Gasteiger partial charge in [0, 0.05) is 31.5 Å². The van der Waals surface area contributed by atoms with Gasteiger partial charge in [-0.25, -0.2) is 0 Å². The van der Waals surface area contributed by atoms with Crippen molar-refractivity contribution in [2.24, 2.45) is 0 Å². The van der Waals surface area contributed by atoms with Gasteiger partial charge in [-0.3, -0.25) is 10.1 Å². The highest BCUT2D eigenvalue weighted by atomic mass is 16.6. The monoisotopic (exact) mass is 240 g/mol. The van der Waals surface area contributed by atoms with E-state index in [-0.39, 0.29) is 18.3 Å². The molecular weight excluding hydrogens is 224 g/mol. The van der Waals surface area contributed by atoms with Gasteiger partial charge in [0.1, 0.15) is 0 Å². The zero-order valence-corrected chi connectivity index (χ0v) is 9.63. The highest BCUT2D eigenvalue weighted by molar-refractivity contribution is 5.51. The summed E-state index contributed by atoms with van der Waals surface area (Å²) in [6.07, 6.45) is 0.524. The Hall–Kier alpha value is -1.66. The highest BCUT2D eigenvalue weighted by Gasteiger charge is 2.10. The SMILES string of the molecule is COCC(CCO)Nc1cccc([N+](=O)[O-])c1. The van der Waals surface area contributed by atoms with Crippen LogP contribution in [-0.2, 0) is 4.74 Å². The number of benzene rings is 1. The third-order valence-corrected chi connectivity index (χ3v) is 2.27. The fraction of sp³-hybridized carbons (Fsp3) is 0.455. The van der Waals surface area contributed by atoms with E-state index < -0.39 is 4.92 Å². The lowest BCUT2D eigenvalue weighted by molar-refractivity contribution is -0.384. The van der Waals surface area contributed by atoms with Crippen molar-refractivity contribution in [2.75, 3.05) is 25.6 Å². The Morgan fingerprint density at radius 1 is 1.59 bits per heavy atom. The number of nitro benzene ring substituents is 1. The van der Waals surface area contributed by atoms with E-state index in [0.717, 1.165) is 0 Å². The van der Waals surface area contributed by atoms with Crippen LogP contribution in [0.1, 0.15) is 6.42 Å². The van der Waals surface area contributed by atoms with Gasteiger partial charge in [-0.2, -0.15) is 0 Å². The summed E-state index contributed by atoms with van der Waals surface area (Å²) >= 11 is 0. The maximum Gasteiger partial charge on any atom is 0.271 e. The number of aliphatic hydroxyl groups excluding tert-OH is 1. The summed E-state index contributed by atoms with van der Waals surface area (Å²) in [5, 5.41) is 22.6. The van der Waals surface area contributed by atoms with Crippen molar-refractivity contribution >= 4 is 11.4 Å². The molecule has 0 saturated carbocycles. The van der Waals surface area contributed by atoms with Crippen molar-refractivity contribution in [1.29, 1.82) is 0 Å². The van der Waals surface area contributed by atoms with Gasteiger partial charge < -0.3 is 15.2 Å². The minimum absolute atomic E-state index is 0.0372. The topological polar surface area (TPSA) is 84.6 Å². The van der Waals surface area contributed by atoms with Crippen LogP contribution in [0.15, 0.2) is 24.3 Å². The summed E-state index contributed by atoms with van der Waals surface area (Å²) in [6.45, 7) is 0.471. The maximum absolute atomic E-state index is 10.6. The largest absolute Gasteiger partial charge is 0.396 e. The molecule has 0 aliphatic carbocycles. The zero-order valence-electron chi connectivity index (χ0n) is 9.63. The fourth-order valence-corrected chi connectivity index (χ4v) is 1.50. The van der Waals surface area contributed by atoms with Crippen LogP contribution in [0.4, 0.5) is 11.4 Å². The summed E-state index contributed by atoms with van der Waals surface area (Å²) in [5.41, 5.74) is 0.685. The van der Waals surface area contributed by atoms with Crippen LogP contribution >= 0.6 is 0 Å². The molecule has 0 aromatic heterocycles. The summed E-state index contributed by atoms with van der Waals surface area (Å²) in [5.74, 6) is 0. The van der Waals surface area contributed by atoms with E-state index in [2.05, 4.69) is 5.32 Å². The number of nitrogens with one attached hydrogen (secondary N) is 1. The minimum atomic E-state index is -0.442. The third-order valence-electron chi connectivity index (χ3n) is 2.27. The van der Waals surface area contributed by atoms with E-state index in [1.807, 2.05) is 0 Å². The van der Waals surface area contributed by atoms with Crippen molar-refractivity contribution in [1.82, 2.24) is 0 Å². The molecule has 94 valence electrons. The Bertz CT molecular complexity index is 364. The average molecular weight is 240 g/mol. The molecule has 1 atom stereocenters. The number of hydrogen-bond acceptors (Lipinski definition) is 5. The first-order valence-electron chi connectivity index (χ1n) is 5.28. The van der Waals surface area contributed by atoms with Crippen molar-refractivity contribution in [3.05, 3.63) is 34.4 Å². The zero-order chi connectivity index (χ0) is 12.7. The quantitative estimate of drug-likeness (QED) is 0.556. The van der Waals surface area contributed by atoms with Gasteiger partial charge in [-0.1, -0.05) is 6.07 Å². The highest BCUT2D eigenvalue weighted by Crippen LogP contribution is 2.18. The van der Waals surface area contributed by atoms with Crippen LogP contribution in [0.25, 0.3) is 0 Å². The summed E-state index contributed by atoms with van der Waals surface area (Å²) in [6, 6.07) is 6.19. The standard InChI is InChI=1S/C11H16N2O4/c1-17-8-10(5-6-14)12-9-3-2-4-11(7-9)13(15)16/h2-4,7,10,12,14H,5-6,8H2,1H3. The molecular formula is C11H16N2O4. The van der Waals surface area contributed by atoms with Crippen molar-refractivity contribution in [2.45, 2.75) is 12.5 Å². The second-order valence-electron chi connectivity index (χ2n) is 3.62. The van der Waals surface area contributed by atoms with Crippen molar-refractivity contribution in [3.63, 3.8) is 0 Å². The fourth-order valence-electron chi connectivity index (χ4n) is 1.50. The van der Waals surface area contributed by atoms with Crippen LogP contribution in [0.2, 0.25) is 0 Å². The molecule has 0 saturated heterocycles. The third kappa shape index (κ3) is 4.38. The molecule has 1 aromatic rings. The van der Waals surface area contributed by atoms with Gasteiger partial charge >= 0.3 is 0 Å². The first-order valence-corrected chi connectivity index (χ1v) is 5.28. The number of non-ortho nitro benzene ring substituents is 1. The van der Waals surface area contributed by atoms with Gasteiger partial charge in [0.25, 0.3) is 5.69 Å². The molecule has 0 spiro atoms. The minimum Gasteiger partial charge on any atom is -0.396 e. The van der Waals surface area contributed by atoms with E-state index in [1.165, 1.54) is 12.1 Å². The Kier molecular flexibility index (Phi) is 5.38. The summed E-state index contributed by atoms with van der Waals surface area (Å²) < 4.78 is 5.00. The van der Waals surface area contributed by atoms with E-state index in [9.17, 15) is 10.1 Å². The van der Waals surface area contributed by atoms with Crippen LogP contribution < -0.4 is 5.32 Å². The predicted molar refractivity (Wildman–Crippen MR) is 64.1 cm³/mol. The van der Waals surface area contributed by atoms with E-state index >= 15 is 0 Å². The Morgan fingerprint density at radius 3 is 2.94 bits per heavy atom. The Balaban J connectivity index is 2.71. The number of aliphatic hydroxyl groups is 1. The van der Waals surface area contributed by atoms with Gasteiger partial charge in [-0.15, -0.1) is 0 Å². The van der Waals surface area contributed by atoms with Gasteiger partial charge in [0.15, 0.2) is 0 Å². The van der Waals surface area contributed by atoms with Crippen molar-refractivity contribution in [3.8, 4) is 0 Å². The second kappa shape index (κ2) is 6.82. The molecule has 0 fully saturated rings. The van der Waals surface area contributed by atoms with E-state index in [1.54, 1.807) is 19.2 Å². The van der Waals surface area contributed by atoms with Gasteiger partial charge in [0.2, 0.25) is 0 Å². The number of nitro groups is 1. The Labute approximate surface area is 99.4 Å². The number of anilines is 1. The van der Waals surface area contributed by atoms with Gasteiger partial charge in [0.05, 0.1) is 17.6 Å². The van der Waals surface area contributed by atoms with Gasteiger partial charge in [-0.05, 0) is 12.5 Å². The molecule has 1 unspecified atom stereocenters. The number of ether oxygens (including phenoxy) is 1. The summed E-state index contributed by atoms with van der Waals surface area (Å²) in [4.78, 5) is 10.2. The molecule has 0 radical (unpaired) electrons. The molecule has 0 aliphatic heterocycles. The van der Waals surface area contributed by atoms with Crippen molar-refractivity contribution < 1.29 is 14.8 Å². The first-order chi connectivity index (χ1) is 8.17. The van der Waals surface area contributed by atoms with Crippen LogP contribution in [-0.4, -0.2) is 36.4 Å². The van der Waals surface area contributed by atoms with Crippen LogP contribution in [0, 0.1) is 10.1 Å². The molecule has 1 rings (SSSR count). The van der Waals surface area contributed by atoms with Crippen LogP contribution in [0.3, 0.4) is 0 Å². The molecule has 6 nitrogen and oxygen atoms in total. The molecule has 6 heteroatoms. The summed E-state index contributed by atoms with van der Waals surface area (Å²) in [7, 11) is 1.57. The molecule has 0 heterocycles. The lowest BCUT2D eigenvalue weighted by Crippen LogP contribution is -2.26. The lowest BCUT2D eigenvalue weighted by Gasteiger charge is -2.17. The second-order valence-corrected chi connectivity index (χ2v) is 3.62. The smallest absolute Gasteiger partial charge is 0.271 e.